The van der Waals surface area contributed by atoms with E-state index in [0.29, 0.717) is 5.56 Å². The summed E-state index contributed by atoms with van der Waals surface area (Å²) in [4.78, 5) is 23.8. The highest BCUT2D eigenvalue weighted by molar-refractivity contribution is 8.19. The van der Waals surface area contributed by atoms with Crippen LogP contribution in [0, 0.1) is 10.1 Å². The van der Waals surface area contributed by atoms with E-state index in [9.17, 15) is 14.9 Å². The van der Waals surface area contributed by atoms with E-state index in [1.807, 2.05) is 12.1 Å². The summed E-state index contributed by atoms with van der Waals surface area (Å²) in [5.41, 5.74) is 1.87. The van der Waals surface area contributed by atoms with Crippen molar-refractivity contribution in [1.82, 2.24) is 0 Å². The standard InChI is InChI=1S/C21H23NO5S2/c1-21(2,3)15-7-5-13(6-8-15)19(23)27-18-16(22(24)25)11-14(12-17(18)26-4)20-28-9-10-29-20/h5-8,11-12,20H,9-10H2,1-4H3. The molecule has 1 saturated heterocycles. The third-order valence-electron chi connectivity index (χ3n) is 4.55. The van der Waals surface area contributed by atoms with E-state index in [0.717, 1.165) is 22.6 Å². The van der Waals surface area contributed by atoms with Crippen molar-refractivity contribution in [3.63, 3.8) is 0 Å². The number of benzene rings is 2. The zero-order chi connectivity index (χ0) is 21.2. The number of nitro groups is 1. The highest BCUT2D eigenvalue weighted by atomic mass is 32.2. The molecule has 1 heterocycles. The lowest BCUT2D eigenvalue weighted by atomic mass is 9.87. The van der Waals surface area contributed by atoms with E-state index >= 15 is 0 Å². The summed E-state index contributed by atoms with van der Waals surface area (Å²) in [6, 6.07) is 10.3. The average molecular weight is 434 g/mol. The maximum Gasteiger partial charge on any atom is 0.343 e. The fraction of sp³-hybridized carbons (Fsp3) is 0.381. The summed E-state index contributed by atoms with van der Waals surface area (Å²) in [6.45, 7) is 6.24. The molecule has 29 heavy (non-hydrogen) atoms. The van der Waals surface area contributed by atoms with Crippen LogP contribution in [0.15, 0.2) is 36.4 Å². The largest absolute Gasteiger partial charge is 0.493 e. The number of methoxy groups -OCH3 is 1. The topological polar surface area (TPSA) is 78.7 Å². The van der Waals surface area contributed by atoms with E-state index in [4.69, 9.17) is 9.47 Å². The summed E-state index contributed by atoms with van der Waals surface area (Å²) in [5.74, 6) is 1.34. The number of rotatable bonds is 5. The number of nitro benzene ring substituents is 1. The van der Waals surface area contributed by atoms with Crippen LogP contribution in [-0.2, 0) is 5.41 Å². The minimum absolute atomic E-state index is 0.0451. The number of nitrogens with zero attached hydrogens (tertiary/aromatic N) is 1. The first-order valence-electron chi connectivity index (χ1n) is 9.13. The second-order valence-electron chi connectivity index (χ2n) is 7.62. The van der Waals surface area contributed by atoms with Crippen molar-refractivity contribution in [2.45, 2.75) is 30.8 Å². The van der Waals surface area contributed by atoms with Crippen LogP contribution >= 0.6 is 23.5 Å². The van der Waals surface area contributed by atoms with Gasteiger partial charge in [-0.3, -0.25) is 10.1 Å². The molecule has 0 saturated carbocycles. The predicted molar refractivity (Wildman–Crippen MR) is 117 cm³/mol. The first-order chi connectivity index (χ1) is 13.7. The molecular formula is C21H23NO5S2. The highest BCUT2D eigenvalue weighted by Gasteiger charge is 2.29. The van der Waals surface area contributed by atoms with Gasteiger partial charge < -0.3 is 9.47 Å². The predicted octanol–water partition coefficient (Wildman–Crippen LogP) is 5.60. The summed E-state index contributed by atoms with van der Waals surface area (Å²) in [7, 11) is 1.41. The molecule has 2 aromatic rings. The highest BCUT2D eigenvalue weighted by Crippen LogP contribution is 2.49. The molecular weight excluding hydrogens is 410 g/mol. The van der Waals surface area contributed by atoms with Gasteiger partial charge in [0.15, 0.2) is 5.75 Å². The molecule has 8 heteroatoms. The molecule has 0 amide bonds. The van der Waals surface area contributed by atoms with Gasteiger partial charge in [0.25, 0.3) is 0 Å². The van der Waals surface area contributed by atoms with Crippen molar-refractivity contribution in [3.8, 4) is 11.5 Å². The van der Waals surface area contributed by atoms with Gasteiger partial charge in [-0.05, 0) is 34.7 Å². The van der Waals surface area contributed by atoms with Gasteiger partial charge >= 0.3 is 11.7 Å². The molecule has 0 radical (unpaired) electrons. The molecule has 0 unspecified atom stereocenters. The maximum atomic E-state index is 12.7. The van der Waals surface area contributed by atoms with Gasteiger partial charge in [-0.1, -0.05) is 32.9 Å². The molecule has 1 aliphatic heterocycles. The second-order valence-corrected chi connectivity index (χ2v) is 10.3. The Morgan fingerprint density at radius 1 is 1.14 bits per heavy atom. The Morgan fingerprint density at radius 2 is 1.76 bits per heavy atom. The minimum atomic E-state index is -0.663. The number of carbonyl (C=O) groups is 1. The van der Waals surface area contributed by atoms with Crippen molar-refractivity contribution in [1.29, 1.82) is 0 Å². The van der Waals surface area contributed by atoms with Crippen molar-refractivity contribution >= 4 is 35.2 Å². The van der Waals surface area contributed by atoms with E-state index < -0.39 is 10.9 Å². The monoisotopic (exact) mass is 433 g/mol. The van der Waals surface area contributed by atoms with Crippen LogP contribution in [0.25, 0.3) is 0 Å². The Kier molecular flexibility index (Phi) is 6.43. The van der Waals surface area contributed by atoms with Crippen LogP contribution in [0.3, 0.4) is 0 Å². The van der Waals surface area contributed by atoms with E-state index in [1.165, 1.54) is 13.2 Å². The smallest absolute Gasteiger partial charge is 0.343 e. The molecule has 1 aliphatic rings. The van der Waals surface area contributed by atoms with Gasteiger partial charge in [0.05, 0.1) is 22.2 Å². The Bertz CT molecular complexity index is 916. The lowest BCUT2D eigenvalue weighted by molar-refractivity contribution is -0.385. The van der Waals surface area contributed by atoms with Gasteiger partial charge in [0.2, 0.25) is 5.75 Å². The van der Waals surface area contributed by atoms with Crippen molar-refractivity contribution in [2.75, 3.05) is 18.6 Å². The Labute approximate surface area is 178 Å². The van der Waals surface area contributed by atoms with Gasteiger partial charge in [-0.25, -0.2) is 4.79 Å². The molecule has 0 aliphatic carbocycles. The van der Waals surface area contributed by atoms with Crippen LogP contribution in [0.2, 0.25) is 0 Å². The molecule has 1 fully saturated rings. The number of hydrogen-bond acceptors (Lipinski definition) is 7. The van der Waals surface area contributed by atoms with Crippen LogP contribution in [0.1, 0.15) is 46.8 Å². The first-order valence-corrected chi connectivity index (χ1v) is 11.2. The van der Waals surface area contributed by atoms with Gasteiger partial charge in [0.1, 0.15) is 0 Å². The molecule has 0 bridgehead atoms. The molecule has 0 N–H and O–H groups in total. The van der Waals surface area contributed by atoms with Gasteiger partial charge in [-0.15, -0.1) is 23.5 Å². The van der Waals surface area contributed by atoms with Crippen LogP contribution < -0.4 is 9.47 Å². The molecule has 154 valence electrons. The summed E-state index contributed by atoms with van der Waals surface area (Å²) >= 11 is 3.46. The maximum absolute atomic E-state index is 12.7. The number of ether oxygens (including phenoxy) is 2. The second kappa shape index (κ2) is 8.67. The third kappa shape index (κ3) is 4.87. The lowest BCUT2D eigenvalue weighted by Crippen LogP contribution is -2.13. The molecule has 3 rings (SSSR count). The first kappa shape index (κ1) is 21.5. The van der Waals surface area contributed by atoms with Crippen molar-refractivity contribution in [2.24, 2.45) is 0 Å². The van der Waals surface area contributed by atoms with Crippen LogP contribution in [0.5, 0.6) is 11.5 Å². The quantitative estimate of drug-likeness (QED) is 0.263. The zero-order valence-electron chi connectivity index (χ0n) is 16.8. The van der Waals surface area contributed by atoms with Crippen molar-refractivity contribution in [3.05, 3.63) is 63.2 Å². The minimum Gasteiger partial charge on any atom is -0.493 e. The normalized spacial score (nSPS) is 14.6. The van der Waals surface area contributed by atoms with Gasteiger partial charge in [-0.2, -0.15) is 0 Å². The lowest BCUT2D eigenvalue weighted by Gasteiger charge is -2.19. The number of carbonyl (C=O) groups excluding carboxylic acids is 1. The third-order valence-corrected chi connectivity index (χ3v) is 7.65. The molecule has 0 aromatic heterocycles. The summed E-state index contributed by atoms with van der Waals surface area (Å²) < 4.78 is 10.9. The Balaban J connectivity index is 1.92. The Hall–Kier alpha value is -2.19. The van der Waals surface area contributed by atoms with E-state index in [-0.39, 0.29) is 27.2 Å². The van der Waals surface area contributed by atoms with Crippen LogP contribution in [0.4, 0.5) is 5.69 Å². The number of hydrogen-bond donors (Lipinski definition) is 0. The van der Waals surface area contributed by atoms with E-state index in [1.54, 1.807) is 41.7 Å². The Morgan fingerprint density at radius 3 is 2.28 bits per heavy atom. The molecule has 0 spiro atoms. The zero-order valence-corrected chi connectivity index (χ0v) is 18.4. The van der Waals surface area contributed by atoms with Crippen LogP contribution in [-0.4, -0.2) is 29.5 Å². The summed E-state index contributed by atoms with van der Waals surface area (Å²) in [5, 5.41) is 11.7. The molecule has 0 atom stereocenters. The fourth-order valence-electron chi connectivity index (χ4n) is 2.94. The summed E-state index contributed by atoms with van der Waals surface area (Å²) in [6.07, 6.45) is 0. The molecule has 2 aromatic carbocycles. The SMILES string of the molecule is COc1cc(C2SCCS2)cc([N+](=O)[O-])c1OC(=O)c1ccc(C(C)(C)C)cc1. The van der Waals surface area contributed by atoms with Crippen molar-refractivity contribution < 1.29 is 19.2 Å². The van der Waals surface area contributed by atoms with Gasteiger partial charge in [0, 0.05) is 17.6 Å². The fourth-order valence-corrected chi connectivity index (χ4v) is 5.76. The number of esters is 1. The molecule has 6 nitrogen and oxygen atoms in total. The number of thioether (sulfide) groups is 2. The van der Waals surface area contributed by atoms with E-state index in [2.05, 4.69) is 20.8 Å². The average Bonchev–Trinajstić information content (AvgIpc) is 3.22.